The van der Waals surface area contributed by atoms with Crippen LogP contribution in [0.1, 0.15) is 45.3 Å². The Morgan fingerprint density at radius 1 is 1.43 bits per heavy atom. The molecule has 6 heteroatoms. The highest BCUT2D eigenvalue weighted by molar-refractivity contribution is 7.09. The highest BCUT2D eigenvalue weighted by atomic mass is 32.1. The van der Waals surface area contributed by atoms with Gasteiger partial charge in [-0.1, -0.05) is 34.6 Å². The Labute approximate surface area is 131 Å². The van der Waals surface area contributed by atoms with E-state index in [1.807, 2.05) is 33.1 Å². The molecule has 0 aromatic carbocycles. The van der Waals surface area contributed by atoms with Gasteiger partial charge in [0.05, 0.1) is 23.4 Å². The van der Waals surface area contributed by atoms with Crippen molar-refractivity contribution >= 4 is 17.4 Å². The number of thiazole rings is 1. The minimum absolute atomic E-state index is 0.160. The third-order valence-corrected chi connectivity index (χ3v) is 4.51. The molecule has 1 aromatic heterocycles. The molecule has 21 heavy (non-hydrogen) atoms. The van der Waals surface area contributed by atoms with E-state index in [0.29, 0.717) is 13.1 Å². The molecule has 3 N–H and O–H groups in total. The van der Waals surface area contributed by atoms with E-state index in [-0.39, 0.29) is 17.4 Å². The average molecular weight is 313 g/mol. The summed E-state index contributed by atoms with van der Waals surface area (Å²) in [7, 11) is 0. The van der Waals surface area contributed by atoms with E-state index in [4.69, 9.17) is 0 Å². The van der Waals surface area contributed by atoms with E-state index < -0.39 is 6.10 Å². The van der Waals surface area contributed by atoms with Crippen molar-refractivity contribution in [1.82, 2.24) is 15.6 Å². The van der Waals surface area contributed by atoms with Crippen molar-refractivity contribution in [3.63, 3.8) is 0 Å². The fraction of sp³-hybridized carbons (Fsp3) is 0.733. The van der Waals surface area contributed by atoms with Gasteiger partial charge in [-0.3, -0.25) is 0 Å². The van der Waals surface area contributed by atoms with E-state index >= 15 is 0 Å². The summed E-state index contributed by atoms with van der Waals surface area (Å²) in [4.78, 5) is 16.2. The van der Waals surface area contributed by atoms with Crippen LogP contribution in [0.15, 0.2) is 5.38 Å². The number of amides is 2. The van der Waals surface area contributed by atoms with Crippen molar-refractivity contribution in [2.24, 2.45) is 11.3 Å². The Bertz CT molecular complexity index is 458. The van der Waals surface area contributed by atoms with Crippen LogP contribution >= 0.6 is 11.3 Å². The molecule has 5 nitrogen and oxygen atoms in total. The molecule has 0 aliphatic rings. The number of aliphatic hydroxyl groups excluding tert-OH is 1. The van der Waals surface area contributed by atoms with E-state index in [0.717, 1.165) is 17.1 Å². The van der Waals surface area contributed by atoms with Crippen LogP contribution in [0.5, 0.6) is 0 Å². The van der Waals surface area contributed by atoms with Crippen LogP contribution in [0.25, 0.3) is 0 Å². The Morgan fingerprint density at radius 2 is 2.10 bits per heavy atom. The molecule has 1 atom stereocenters. The normalized spacial score (nSPS) is 13.3. The summed E-state index contributed by atoms with van der Waals surface area (Å²) in [5.74, 6) is 0.160. The van der Waals surface area contributed by atoms with Gasteiger partial charge in [0.2, 0.25) is 0 Å². The Morgan fingerprint density at radius 3 is 2.62 bits per heavy atom. The van der Waals surface area contributed by atoms with E-state index in [9.17, 15) is 9.90 Å². The van der Waals surface area contributed by atoms with Crippen LogP contribution in [0.4, 0.5) is 4.79 Å². The molecule has 0 aliphatic carbocycles. The number of rotatable bonds is 7. The van der Waals surface area contributed by atoms with Gasteiger partial charge in [0, 0.05) is 17.3 Å². The zero-order chi connectivity index (χ0) is 16.0. The molecule has 0 bridgehead atoms. The number of urea groups is 1. The number of aryl methyl sites for hydroxylation is 1. The highest BCUT2D eigenvalue weighted by Gasteiger charge is 2.30. The number of aliphatic hydroxyl groups is 1. The van der Waals surface area contributed by atoms with Crippen molar-refractivity contribution in [3.8, 4) is 0 Å². The van der Waals surface area contributed by atoms with Crippen LogP contribution < -0.4 is 10.6 Å². The lowest BCUT2D eigenvalue weighted by Gasteiger charge is -2.33. The second kappa shape index (κ2) is 7.75. The summed E-state index contributed by atoms with van der Waals surface area (Å²) in [6.45, 7) is 10.8. The van der Waals surface area contributed by atoms with Crippen LogP contribution in [0.3, 0.4) is 0 Å². The maximum atomic E-state index is 11.8. The number of nitrogens with zero attached hydrogens (tertiary/aromatic N) is 1. The van der Waals surface area contributed by atoms with Gasteiger partial charge in [0.1, 0.15) is 0 Å². The summed E-state index contributed by atoms with van der Waals surface area (Å²) >= 11 is 1.61. The lowest BCUT2D eigenvalue weighted by atomic mass is 9.81. The molecule has 1 aromatic rings. The van der Waals surface area contributed by atoms with Crippen LogP contribution in [0.2, 0.25) is 0 Å². The molecule has 2 amide bonds. The molecular weight excluding hydrogens is 286 g/mol. The second-order valence-corrected chi connectivity index (χ2v) is 7.24. The second-order valence-electron chi connectivity index (χ2n) is 6.30. The maximum absolute atomic E-state index is 11.8. The monoisotopic (exact) mass is 313 g/mol. The fourth-order valence-electron chi connectivity index (χ4n) is 2.14. The average Bonchev–Trinajstić information content (AvgIpc) is 2.90. The summed E-state index contributed by atoms with van der Waals surface area (Å²) in [6.07, 6.45) is 0.460. The first-order valence-corrected chi connectivity index (χ1v) is 8.27. The van der Waals surface area contributed by atoms with Gasteiger partial charge in [-0.05, 0) is 12.3 Å². The SMILES string of the molecule is CCc1nc(CNC(=O)NCC(C)(C)C(O)C(C)C)cs1. The maximum Gasteiger partial charge on any atom is 0.315 e. The van der Waals surface area contributed by atoms with Gasteiger partial charge in [0.15, 0.2) is 0 Å². The van der Waals surface area contributed by atoms with E-state index in [2.05, 4.69) is 22.5 Å². The number of aromatic nitrogens is 1. The van der Waals surface area contributed by atoms with Crippen molar-refractivity contribution in [2.45, 2.75) is 53.7 Å². The molecule has 0 aliphatic heterocycles. The first-order chi connectivity index (χ1) is 9.76. The van der Waals surface area contributed by atoms with Crippen molar-refractivity contribution in [3.05, 3.63) is 16.1 Å². The van der Waals surface area contributed by atoms with Gasteiger partial charge in [-0.25, -0.2) is 9.78 Å². The molecule has 120 valence electrons. The van der Waals surface area contributed by atoms with Crippen LogP contribution in [-0.4, -0.2) is 28.8 Å². The topological polar surface area (TPSA) is 74.2 Å². The first kappa shape index (κ1) is 17.9. The molecule has 0 saturated heterocycles. The molecule has 1 unspecified atom stereocenters. The zero-order valence-electron chi connectivity index (χ0n) is 13.6. The molecule has 1 heterocycles. The zero-order valence-corrected chi connectivity index (χ0v) is 14.4. The Hall–Kier alpha value is -1.14. The molecule has 0 spiro atoms. The smallest absolute Gasteiger partial charge is 0.315 e. The van der Waals surface area contributed by atoms with E-state index in [1.54, 1.807) is 11.3 Å². The molecule has 0 saturated carbocycles. The summed E-state index contributed by atoms with van der Waals surface area (Å²) in [6, 6.07) is -0.231. The first-order valence-electron chi connectivity index (χ1n) is 7.39. The standard InChI is InChI=1S/C15H27N3O2S/c1-6-12-18-11(8-21-12)7-16-14(20)17-9-15(4,5)13(19)10(2)3/h8,10,13,19H,6-7,9H2,1-5H3,(H2,16,17,20). The third-order valence-electron chi connectivity index (χ3n) is 3.47. The van der Waals surface area contributed by atoms with Crippen molar-refractivity contribution in [2.75, 3.05) is 6.54 Å². The van der Waals surface area contributed by atoms with Gasteiger partial charge in [-0.15, -0.1) is 11.3 Å². The fourth-order valence-corrected chi connectivity index (χ4v) is 2.89. The van der Waals surface area contributed by atoms with Gasteiger partial charge in [0.25, 0.3) is 0 Å². The minimum Gasteiger partial charge on any atom is -0.392 e. The quantitative estimate of drug-likeness (QED) is 0.724. The predicted octanol–water partition coefficient (Wildman–Crippen LogP) is 2.55. The molecule has 1 rings (SSSR count). The summed E-state index contributed by atoms with van der Waals surface area (Å²) in [5.41, 5.74) is 0.523. The lowest BCUT2D eigenvalue weighted by molar-refractivity contribution is 0.0151. The van der Waals surface area contributed by atoms with Gasteiger partial charge in [-0.2, -0.15) is 0 Å². The van der Waals surface area contributed by atoms with Crippen LogP contribution in [0, 0.1) is 11.3 Å². The molecule has 0 fully saturated rings. The summed E-state index contributed by atoms with van der Waals surface area (Å²) in [5, 5.41) is 18.8. The Kier molecular flexibility index (Phi) is 6.61. The number of hydrogen-bond donors (Lipinski definition) is 3. The Balaban J connectivity index is 2.37. The number of hydrogen-bond acceptors (Lipinski definition) is 4. The highest BCUT2D eigenvalue weighted by Crippen LogP contribution is 2.24. The minimum atomic E-state index is -0.455. The van der Waals surface area contributed by atoms with Crippen molar-refractivity contribution in [1.29, 1.82) is 0 Å². The molecular formula is C15H27N3O2S. The van der Waals surface area contributed by atoms with E-state index in [1.165, 1.54) is 0 Å². The number of carbonyl (C=O) groups is 1. The van der Waals surface area contributed by atoms with Crippen molar-refractivity contribution < 1.29 is 9.90 Å². The van der Waals surface area contributed by atoms with Crippen LogP contribution in [-0.2, 0) is 13.0 Å². The predicted molar refractivity (Wildman–Crippen MR) is 86.4 cm³/mol. The lowest BCUT2D eigenvalue weighted by Crippen LogP contribution is -2.46. The number of carbonyl (C=O) groups excluding carboxylic acids is 1. The van der Waals surface area contributed by atoms with Gasteiger partial charge < -0.3 is 15.7 Å². The number of nitrogens with one attached hydrogen (secondary N) is 2. The molecule has 0 radical (unpaired) electrons. The van der Waals surface area contributed by atoms with Gasteiger partial charge >= 0.3 is 6.03 Å². The summed E-state index contributed by atoms with van der Waals surface area (Å²) < 4.78 is 0. The largest absolute Gasteiger partial charge is 0.392 e. The third kappa shape index (κ3) is 5.63.